The van der Waals surface area contributed by atoms with Gasteiger partial charge in [0.2, 0.25) is 0 Å². The fraction of sp³-hybridized carbons (Fsp3) is 0.939. The monoisotopic (exact) mass is 1030 g/mol. The predicted octanol–water partition coefficient (Wildman–Crippen LogP) is 1.08. The number of hydrogen-bond acceptors (Lipinski definition) is 22. The summed E-state index contributed by atoms with van der Waals surface area (Å²) in [7, 11) is 0. The van der Waals surface area contributed by atoms with Crippen molar-refractivity contribution in [1.29, 1.82) is 0 Å². The van der Waals surface area contributed by atoms with Crippen LogP contribution in [0, 0.1) is 0 Å². The largest absolute Gasteiger partial charge is 0.456 e. The molecule has 22 heteroatoms. The minimum absolute atomic E-state index is 0.141. The second kappa shape index (κ2) is 31.1. The summed E-state index contributed by atoms with van der Waals surface area (Å²) in [5, 5.41) is 97.7. The van der Waals surface area contributed by atoms with E-state index in [0.29, 0.717) is 25.7 Å². The molecule has 0 saturated carbocycles. The number of aliphatic hydroxyl groups is 9. The summed E-state index contributed by atoms with van der Waals surface area (Å²) in [6.45, 7) is 7.97. The summed E-state index contributed by atoms with van der Waals surface area (Å²) in [4.78, 5) is 37.8. The van der Waals surface area contributed by atoms with E-state index < -0.39 is 154 Å². The van der Waals surface area contributed by atoms with E-state index >= 15 is 0 Å². The van der Waals surface area contributed by atoms with Gasteiger partial charge in [-0.2, -0.15) is 0 Å². The van der Waals surface area contributed by atoms with Gasteiger partial charge in [0.05, 0.1) is 31.5 Å². The standard InChI is InChI=1S/C49H86O22/c1-7-9-10-11-12-15-18-22-30(23-19-16-13-14-17-21-26(3)51)66-48-43(39(59)36(56)31(24-50)67-48)70-49-45(71-47-41(61)38(58)35(55)28(5)64-47)44(69-33(53)20-8-2)42(65-29(6)52)32(68-49)25-62-46-40(60)37(57)34(54)27(4)63-46/h27-28,30-32,34-50,54-61H,7-25H2,1-6H3/t27-,28+,30?,31-,32-,34+,35?,36?,37+,38-,39+,40+,41?,42?,43?,44+,45?,46-,47?,48-,49+/m1/s1. The lowest BCUT2D eigenvalue weighted by Crippen LogP contribution is -2.68. The third-order valence-corrected chi connectivity index (χ3v) is 13.6. The Morgan fingerprint density at radius 3 is 1.59 bits per heavy atom. The van der Waals surface area contributed by atoms with Crippen molar-refractivity contribution in [3.63, 3.8) is 0 Å². The van der Waals surface area contributed by atoms with Crippen LogP contribution in [0.1, 0.15) is 151 Å². The third kappa shape index (κ3) is 18.3. The molecule has 414 valence electrons. The van der Waals surface area contributed by atoms with Gasteiger partial charge in [-0.05, 0) is 46.5 Å². The fourth-order valence-electron chi connectivity index (χ4n) is 9.31. The van der Waals surface area contributed by atoms with Crippen LogP contribution in [0.5, 0.6) is 0 Å². The average molecular weight is 1030 g/mol. The molecule has 4 rings (SSSR count). The lowest BCUT2D eigenvalue weighted by Gasteiger charge is -2.50. The van der Waals surface area contributed by atoms with Crippen molar-refractivity contribution in [3.05, 3.63) is 0 Å². The predicted molar refractivity (Wildman–Crippen MR) is 248 cm³/mol. The molecule has 4 saturated heterocycles. The molecular formula is C49H86O22. The maximum atomic E-state index is 13.5. The first-order valence-corrected chi connectivity index (χ1v) is 25.9. The summed E-state index contributed by atoms with van der Waals surface area (Å²) >= 11 is 0. The Morgan fingerprint density at radius 1 is 0.493 bits per heavy atom. The summed E-state index contributed by atoms with van der Waals surface area (Å²) < 4.78 is 61.2. The lowest BCUT2D eigenvalue weighted by atomic mass is 9.95. The normalized spacial score (nSPS) is 38.1. The second-order valence-corrected chi connectivity index (χ2v) is 19.6. The molecule has 0 aromatic rings. The Labute approximate surface area is 417 Å². The number of Topliss-reactive ketones (excluding diaryl/α,β-unsaturated/α-hetero) is 1. The van der Waals surface area contributed by atoms with Crippen LogP contribution in [-0.2, 0) is 61.8 Å². The molecule has 8 unspecified atom stereocenters. The van der Waals surface area contributed by atoms with E-state index in [0.717, 1.165) is 84.0 Å². The minimum Gasteiger partial charge on any atom is -0.456 e. The summed E-state index contributed by atoms with van der Waals surface area (Å²) in [5.41, 5.74) is 0. The zero-order valence-corrected chi connectivity index (χ0v) is 42.4. The third-order valence-electron chi connectivity index (χ3n) is 13.6. The number of aliphatic hydroxyl groups excluding tert-OH is 9. The summed E-state index contributed by atoms with van der Waals surface area (Å²) in [5.74, 6) is -1.57. The smallest absolute Gasteiger partial charge is 0.306 e. The Balaban J connectivity index is 1.74. The number of rotatable bonds is 30. The van der Waals surface area contributed by atoms with E-state index in [9.17, 15) is 60.3 Å². The maximum Gasteiger partial charge on any atom is 0.306 e. The van der Waals surface area contributed by atoms with Crippen molar-refractivity contribution in [2.75, 3.05) is 13.2 Å². The van der Waals surface area contributed by atoms with E-state index in [-0.39, 0.29) is 12.2 Å². The fourth-order valence-corrected chi connectivity index (χ4v) is 9.31. The molecule has 0 radical (unpaired) electrons. The van der Waals surface area contributed by atoms with Crippen molar-refractivity contribution >= 4 is 17.7 Å². The van der Waals surface area contributed by atoms with Crippen molar-refractivity contribution in [2.24, 2.45) is 0 Å². The zero-order valence-electron chi connectivity index (χ0n) is 42.4. The Morgan fingerprint density at radius 2 is 1.03 bits per heavy atom. The lowest BCUT2D eigenvalue weighted by molar-refractivity contribution is -0.397. The topological polar surface area (TPSA) is 326 Å². The molecule has 0 bridgehead atoms. The highest BCUT2D eigenvalue weighted by molar-refractivity contribution is 5.75. The maximum absolute atomic E-state index is 13.5. The second-order valence-electron chi connectivity index (χ2n) is 19.6. The molecule has 0 aromatic carbocycles. The number of hydrogen-bond donors (Lipinski definition) is 9. The molecule has 4 fully saturated rings. The van der Waals surface area contributed by atoms with Gasteiger partial charge in [-0.25, -0.2) is 0 Å². The van der Waals surface area contributed by atoms with E-state index in [1.807, 2.05) is 0 Å². The van der Waals surface area contributed by atoms with E-state index in [1.54, 1.807) is 13.8 Å². The molecule has 4 aliphatic heterocycles. The van der Waals surface area contributed by atoms with Crippen LogP contribution in [0.15, 0.2) is 0 Å². The van der Waals surface area contributed by atoms with Gasteiger partial charge in [0.15, 0.2) is 43.5 Å². The van der Waals surface area contributed by atoms with Gasteiger partial charge < -0.3 is 98.1 Å². The van der Waals surface area contributed by atoms with E-state index in [2.05, 4.69) is 6.92 Å². The first-order valence-electron chi connectivity index (χ1n) is 25.9. The molecule has 0 spiro atoms. The Kier molecular flexibility index (Phi) is 26.9. The average Bonchev–Trinajstić information content (AvgIpc) is 3.32. The number of carbonyl (C=O) groups excluding carboxylic acids is 3. The highest BCUT2D eigenvalue weighted by Crippen LogP contribution is 2.37. The molecule has 0 amide bonds. The minimum atomic E-state index is -1.93. The molecule has 0 aliphatic carbocycles. The quantitative estimate of drug-likeness (QED) is 0.0359. The van der Waals surface area contributed by atoms with Gasteiger partial charge in [0.1, 0.15) is 72.9 Å². The van der Waals surface area contributed by atoms with Crippen LogP contribution >= 0.6 is 0 Å². The number of ether oxygens (including phenoxy) is 10. The van der Waals surface area contributed by atoms with Gasteiger partial charge in [-0.15, -0.1) is 0 Å². The van der Waals surface area contributed by atoms with E-state index in [1.165, 1.54) is 13.8 Å². The van der Waals surface area contributed by atoms with Crippen LogP contribution in [0.3, 0.4) is 0 Å². The van der Waals surface area contributed by atoms with Crippen molar-refractivity contribution in [3.8, 4) is 0 Å². The van der Waals surface area contributed by atoms with Crippen LogP contribution < -0.4 is 0 Å². The number of ketones is 1. The first-order chi connectivity index (χ1) is 33.8. The number of carbonyl (C=O) groups is 3. The van der Waals surface area contributed by atoms with Crippen LogP contribution in [0.2, 0.25) is 0 Å². The van der Waals surface area contributed by atoms with E-state index in [4.69, 9.17) is 47.4 Å². The highest BCUT2D eigenvalue weighted by Gasteiger charge is 2.57. The van der Waals surface area contributed by atoms with Gasteiger partial charge in [0.25, 0.3) is 0 Å². The summed E-state index contributed by atoms with van der Waals surface area (Å²) in [6, 6.07) is 0. The van der Waals surface area contributed by atoms with Crippen molar-refractivity contribution < 1.29 is 108 Å². The molecule has 4 heterocycles. The van der Waals surface area contributed by atoms with Gasteiger partial charge >= 0.3 is 11.9 Å². The Bertz CT molecular complexity index is 1540. The Hall–Kier alpha value is -2.07. The SMILES string of the molecule is CCCCCCCCCC(CCCCCCCC(C)=O)O[C@@H]1O[C@H](CO)C(O)[C@H](O)C1O[C@@H]1O[C@H](CO[C@@H]2O[C@H](C)[C@H](O)[C@H](O)[C@@H]2O)C(OC(C)=O)[C@H](OC(=O)CCC)C1OC1O[C@@H](C)C(O)[C@@H](O)C1O. The van der Waals surface area contributed by atoms with Gasteiger partial charge in [0, 0.05) is 19.8 Å². The molecule has 4 aliphatic rings. The molecule has 21 atom stereocenters. The molecule has 22 nitrogen and oxygen atoms in total. The van der Waals surface area contributed by atoms with Gasteiger partial charge in [-0.1, -0.05) is 84.5 Å². The zero-order chi connectivity index (χ0) is 52.4. The van der Waals surface area contributed by atoms with Crippen LogP contribution in [0.4, 0.5) is 0 Å². The molecule has 71 heavy (non-hydrogen) atoms. The number of esters is 2. The first kappa shape index (κ1) is 61.5. The molecule has 9 N–H and O–H groups in total. The number of unbranched alkanes of at least 4 members (excludes halogenated alkanes) is 10. The van der Waals surface area contributed by atoms with Crippen LogP contribution in [-0.4, -0.2) is 206 Å². The van der Waals surface area contributed by atoms with Gasteiger partial charge in [-0.3, -0.25) is 9.59 Å². The van der Waals surface area contributed by atoms with Crippen LogP contribution in [0.25, 0.3) is 0 Å². The highest BCUT2D eigenvalue weighted by atomic mass is 16.8. The van der Waals surface area contributed by atoms with Crippen molar-refractivity contribution in [1.82, 2.24) is 0 Å². The molecular weight excluding hydrogens is 941 g/mol. The molecule has 0 aromatic heterocycles. The summed E-state index contributed by atoms with van der Waals surface area (Å²) in [6.07, 6.45) is -19.7. The van der Waals surface area contributed by atoms with Crippen molar-refractivity contribution in [2.45, 2.75) is 280 Å².